The molecule has 1 heterocycles. The number of esters is 1. The fourth-order valence-corrected chi connectivity index (χ4v) is 3.87. The van der Waals surface area contributed by atoms with Crippen LogP contribution in [0.4, 0.5) is 15.8 Å². The van der Waals surface area contributed by atoms with Crippen molar-refractivity contribution in [2.45, 2.75) is 26.5 Å². The summed E-state index contributed by atoms with van der Waals surface area (Å²) in [7, 11) is 0. The molecule has 0 spiro atoms. The Balaban J connectivity index is 1.57. The molecule has 2 amide bonds. The molecule has 0 aliphatic heterocycles. The predicted octanol–water partition coefficient (Wildman–Crippen LogP) is 5.42. The number of hydrogen-bond donors (Lipinski definition) is 3. The summed E-state index contributed by atoms with van der Waals surface area (Å²) in [6.07, 6.45) is 2.13. The van der Waals surface area contributed by atoms with Crippen molar-refractivity contribution in [1.82, 2.24) is 4.98 Å². The van der Waals surface area contributed by atoms with E-state index in [1.807, 2.05) is 0 Å². The van der Waals surface area contributed by atoms with Crippen LogP contribution in [0.2, 0.25) is 0 Å². The summed E-state index contributed by atoms with van der Waals surface area (Å²) in [5, 5.41) is 5.34. The second-order valence-electron chi connectivity index (χ2n) is 8.96. The highest BCUT2D eigenvalue weighted by Crippen LogP contribution is 2.27. The topological polar surface area (TPSA) is 123 Å². The molecule has 39 heavy (non-hydrogen) atoms. The molecule has 4 rings (SSSR count). The maximum atomic E-state index is 14.0. The lowest BCUT2D eigenvalue weighted by Crippen LogP contribution is -2.15. The third kappa shape index (κ3) is 6.71. The van der Waals surface area contributed by atoms with E-state index in [1.54, 1.807) is 80.6 Å². The quantitative estimate of drug-likeness (QED) is 0.264. The van der Waals surface area contributed by atoms with Crippen molar-refractivity contribution in [3.8, 4) is 11.1 Å². The van der Waals surface area contributed by atoms with Crippen LogP contribution < -0.4 is 16.4 Å². The van der Waals surface area contributed by atoms with E-state index in [9.17, 15) is 18.8 Å². The van der Waals surface area contributed by atoms with Crippen molar-refractivity contribution in [2.24, 2.45) is 5.73 Å². The number of ether oxygens (including phenoxy) is 1. The zero-order valence-corrected chi connectivity index (χ0v) is 21.4. The van der Waals surface area contributed by atoms with E-state index in [1.165, 1.54) is 12.3 Å². The molecule has 0 saturated heterocycles. The van der Waals surface area contributed by atoms with Gasteiger partial charge < -0.3 is 21.1 Å². The highest BCUT2D eigenvalue weighted by molar-refractivity contribution is 6.07. The van der Waals surface area contributed by atoms with Crippen LogP contribution >= 0.6 is 0 Å². The molecule has 0 saturated carbocycles. The second kappa shape index (κ2) is 12.1. The number of nitrogens with one attached hydrogen (secondary N) is 2. The normalized spacial score (nSPS) is 10.7. The lowest BCUT2D eigenvalue weighted by Gasteiger charge is -2.13. The van der Waals surface area contributed by atoms with Crippen LogP contribution in [0.15, 0.2) is 85.2 Å². The zero-order chi connectivity index (χ0) is 27.9. The smallest absolute Gasteiger partial charge is 0.338 e. The van der Waals surface area contributed by atoms with E-state index >= 15 is 0 Å². The maximum Gasteiger partial charge on any atom is 0.338 e. The van der Waals surface area contributed by atoms with Crippen molar-refractivity contribution >= 4 is 29.2 Å². The Labute approximate surface area is 225 Å². The predicted molar refractivity (Wildman–Crippen MR) is 147 cm³/mol. The highest BCUT2D eigenvalue weighted by atomic mass is 19.1. The number of carbonyl (C=O) groups excluding carboxylic acids is 3. The first kappa shape index (κ1) is 27.2. The van der Waals surface area contributed by atoms with Gasteiger partial charge in [-0.25, -0.2) is 9.18 Å². The van der Waals surface area contributed by atoms with Crippen LogP contribution in [-0.2, 0) is 11.3 Å². The van der Waals surface area contributed by atoms with Crippen molar-refractivity contribution < 1.29 is 23.5 Å². The van der Waals surface area contributed by atoms with Crippen molar-refractivity contribution in [3.63, 3.8) is 0 Å². The number of benzene rings is 3. The fraction of sp³-hybridized carbons (Fsp3) is 0.133. The molecule has 3 aromatic carbocycles. The van der Waals surface area contributed by atoms with Gasteiger partial charge in [-0.2, -0.15) is 0 Å². The van der Waals surface area contributed by atoms with Crippen LogP contribution in [0.5, 0.6) is 0 Å². The van der Waals surface area contributed by atoms with Gasteiger partial charge in [-0.1, -0.05) is 24.3 Å². The van der Waals surface area contributed by atoms with Gasteiger partial charge in [0, 0.05) is 29.6 Å². The fourth-order valence-electron chi connectivity index (χ4n) is 3.87. The van der Waals surface area contributed by atoms with Gasteiger partial charge in [0.2, 0.25) is 0 Å². The third-order valence-electron chi connectivity index (χ3n) is 5.75. The number of nitrogens with zero attached hydrogens (tertiary/aromatic N) is 1. The van der Waals surface area contributed by atoms with E-state index < -0.39 is 17.7 Å². The minimum Gasteiger partial charge on any atom is -0.459 e. The van der Waals surface area contributed by atoms with Gasteiger partial charge in [0.1, 0.15) is 0 Å². The SMILES string of the molecule is CC(C)OC(=O)c1cccc(NC(=O)c2cccc(-c3cc(C(=O)Nc4ccncc4F)ccc3CN)c2)c1. The van der Waals surface area contributed by atoms with Gasteiger partial charge in [-0.3, -0.25) is 14.6 Å². The van der Waals surface area contributed by atoms with E-state index in [2.05, 4.69) is 15.6 Å². The van der Waals surface area contributed by atoms with Crippen LogP contribution in [0.1, 0.15) is 50.5 Å². The average molecular weight is 527 g/mol. The van der Waals surface area contributed by atoms with Crippen molar-refractivity contribution in [1.29, 1.82) is 0 Å². The average Bonchev–Trinajstić information content (AvgIpc) is 2.93. The summed E-state index contributed by atoms with van der Waals surface area (Å²) < 4.78 is 19.2. The molecule has 0 radical (unpaired) electrons. The Morgan fingerprint density at radius 1 is 0.897 bits per heavy atom. The standard InChI is InChI=1S/C30H27FN4O4/c1-18(2)39-30(38)22-7-4-8-24(14-22)34-28(36)20-6-3-5-19(13-20)25-15-21(9-10-23(25)16-32)29(37)35-27-11-12-33-17-26(27)31/h3-15,17-18H,16,32H2,1-2H3,(H,34,36)(H,33,35,37). The Kier molecular flexibility index (Phi) is 8.43. The first-order chi connectivity index (χ1) is 18.7. The Bertz CT molecular complexity index is 1540. The molecule has 0 bridgehead atoms. The number of pyridine rings is 1. The molecule has 0 unspecified atom stereocenters. The van der Waals surface area contributed by atoms with Gasteiger partial charge in [0.05, 0.1) is 23.6 Å². The zero-order valence-electron chi connectivity index (χ0n) is 21.4. The molecule has 0 aliphatic rings. The lowest BCUT2D eigenvalue weighted by atomic mass is 9.95. The van der Waals surface area contributed by atoms with E-state index in [4.69, 9.17) is 10.5 Å². The molecule has 4 N–H and O–H groups in total. The number of aromatic nitrogens is 1. The molecule has 198 valence electrons. The summed E-state index contributed by atoms with van der Waals surface area (Å²) in [5.74, 6) is -2.02. The minimum atomic E-state index is -0.647. The van der Waals surface area contributed by atoms with E-state index in [-0.39, 0.29) is 24.2 Å². The van der Waals surface area contributed by atoms with Crippen molar-refractivity contribution in [3.05, 3.63) is 113 Å². The van der Waals surface area contributed by atoms with E-state index in [0.717, 1.165) is 11.8 Å². The van der Waals surface area contributed by atoms with Gasteiger partial charge in [0.25, 0.3) is 11.8 Å². The molecule has 1 aromatic heterocycles. The molecule has 0 fully saturated rings. The van der Waals surface area contributed by atoms with Gasteiger partial charge in [0.15, 0.2) is 5.82 Å². The molecule has 0 atom stereocenters. The van der Waals surface area contributed by atoms with E-state index in [0.29, 0.717) is 33.5 Å². The number of rotatable bonds is 8. The Morgan fingerprint density at radius 2 is 1.62 bits per heavy atom. The number of carbonyl (C=O) groups is 3. The molecule has 9 heteroatoms. The van der Waals surface area contributed by atoms with Gasteiger partial charge >= 0.3 is 5.97 Å². The number of nitrogens with two attached hydrogens (primary N) is 1. The Hall–Kier alpha value is -4.89. The number of amides is 2. The number of halogens is 1. The summed E-state index contributed by atoms with van der Waals surface area (Å²) in [4.78, 5) is 41.8. The highest BCUT2D eigenvalue weighted by Gasteiger charge is 2.15. The third-order valence-corrected chi connectivity index (χ3v) is 5.75. The molecular weight excluding hydrogens is 499 g/mol. The lowest BCUT2D eigenvalue weighted by molar-refractivity contribution is 0.0377. The largest absolute Gasteiger partial charge is 0.459 e. The first-order valence-electron chi connectivity index (χ1n) is 12.2. The summed E-state index contributed by atoms with van der Waals surface area (Å²) in [5.41, 5.74) is 9.47. The second-order valence-corrected chi connectivity index (χ2v) is 8.96. The Morgan fingerprint density at radius 3 is 2.36 bits per heavy atom. The van der Waals surface area contributed by atoms with Crippen LogP contribution in [0.25, 0.3) is 11.1 Å². The van der Waals surface area contributed by atoms with Gasteiger partial charge in [-0.05, 0) is 79.1 Å². The monoisotopic (exact) mass is 526 g/mol. The summed E-state index contributed by atoms with van der Waals surface area (Å²) in [6.45, 7) is 3.72. The van der Waals surface area contributed by atoms with Crippen LogP contribution in [-0.4, -0.2) is 28.9 Å². The van der Waals surface area contributed by atoms with Crippen molar-refractivity contribution in [2.75, 3.05) is 10.6 Å². The maximum absolute atomic E-state index is 14.0. The number of hydrogen-bond acceptors (Lipinski definition) is 6. The molecular formula is C30H27FN4O4. The minimum absolute atomic E-state index is 0.0136. The molecule has 8 nitrogen and oxygen atoms in total. The summed E-state index contributed by atoms with van der Waals surface area (Å²) >= 11 is 0. The van der Waals surface area contributed by atoms with Crippen LogP contribution in [0.3, 0.4) is 0 Å². The first-order valence-corrected chi connectivity index (χ1v) is 12.2. The van der Waals surface area contributed by atoms with Gasteiger partial charge in [-0.15, -0.1) is 0 Å². The van der Waals surface area contributed by atoms with Crippen LogP contribution in [0, 0.1) is 5.82 Å². The number of anilines is 2. The summed E-state index contributed by atoms with van der Waals surface area (Å²) in [6, 6.07) is 19.7. The molecule has 0 aliphatic carbocycles. The molecule has 4 aromatic rings.